The van der Waals surface area contributed by atoms with Gasteiger partial charge in [-0.15, -0.1) is 0 Å². The van der Waals surface area contributed by atoms with Gasteiger partial charge < -0.3 is 0 Å². The van der Waals surface area contributed by atoms with Crippen molar-refractivity contribution in [2.75, 3.05) is 4.72 Å². The van der Waals surface area contributed by atoms with E-state index in [9.17, 15) is 34.8 Å². The molecule has 0 atom stereocenters. The van der Waals surface area contributed by atoms with Crippen LogP contribution in [0.1, 0.15) is 16.7 Å². The zero-order valence-corrected chi connectivity index (χ0v) is 13.6. The molecule has 0 amide bonds. The summed E-state index contributed by atoms with van der Waals surface area (Å²) in [5.41, 5.74) is -3.59. The van der Waals surface area contributed by atoms with E-state index in [0.717, 1.165) is 6.08 Å². The molecule has 26 heavy (non-hydrogen) atoms. The van der Waals surface area contributed by atoms with Crippen LogP contribution in [-0.2, 0) is 22.4 Å². The smallest absolute Gasteiger partial charge is 0.280 e. The van der Waals surface area contributed by atoms with Gasteiger partial charge in [0.1, 0.15) is 0 Å². The molecule has 0 bridgehead atoms. The van der Waals surface area contributed by atoms with E-state index >= 15 is 0 Å². The first-order valence-corrected chi connectivity index (χ1v) is 8.47. The molecule has 0 spiro atoms. The lowest BCUT2D eigenvalue weighted by Gasteiger charge is -2.14. The van der Waals surface area contributed by atoms with Gasteiger partial charge in [0.15, 0.2) is 0 Å². The SMILES string of the molecule is O=S(=O)(C=Cc1ccccc1)Nc1cc(C(F)(F)F)cc(C(F)(F)F)c1. The Morgan fingerprint density at radius 1 is 0.808 bits per heavy atom. The second-order valence-electron chi connectivity index (χ2n) is 5.16. The standard InChI is InChI=1S/C16H11F6NO2S/c17-15(18,19)12-8-13(16(20,21)22)10-14(9-12)23-26(24,25)7-6-11-4-2-1-3-5-11/h1-10,23H. The van der Waals surface area contributed by atoms with Crippen LogP contribution < -0.4 is 4.72 Å². The Morgan fingerprint density at radius 2 is 1.31 bits per heavy atom. The highest BCUT2D eigenvalue weighted by Crippen LogP contribution is 2.37. The molecule has 140 valence electrons. The van der Waals surface area contributed by atoms with Gasteiger partial charge in [-0.1, -0.05) is 30.3 Å². The highest BCUT2D eigenvalue weighted by molar-refractivity contribution is 7.95. The molecule has 0 aliphatic carbocycles. The summed E-state index contributed by atoms with van der Waals surface area (Å²) in [6.07, 6.45) is -8.98. The van der Waals surface area contributed by atoms with E-state index in [0.29, 0.717) is 23.1 Å². The molecule has 3 nitrogen and oxygen atoms in total. The molecule has 0 saturated heterocycles. The van der Waals surface area contributed by atoms with Crippen molar-refractivity contribution in [3.05, 3.63) is 70.6 Å². The fraction of sp³-hybridized carbons (Fsp3) is 0.125. The third-order valence-corrected chi connectivity index (χ3v) is 4.10. The number of hydrogen-bond acceptors (Lipinski definition) is 2. The predicted octanol–water partition coefficient (Wildman–Crippen LogP) is 5.14. The Kier molecular flexibility index (Phi) is 5.36. The van der Waals surface area contributed by atoms with Crippen LogP contribution in [0.25, 0.3) is 6.08 Å². The summed E-state index contributed by atoms with van der Waals surface area (Å²) in [6, 6.07) is 8.58. The summed E-state index contributed by atoms with van der Waals surface area (Å²) >= 11 is 0. The molecule has 0 fully saturated rings. The number of halogens is 6. The van der Waals surface area contributed by atoms with Crippen LogP contribution in [0.15, 0.2) is 53.9 Å². The maximum atomic E-state index is 12.8. The van der Waals surface area contributed by atoms with Crippen LogP contribution in [0.5, 0.6) is 0 Å². The summed E-state index contributed by atoms with van der Waals surface area (Å²) in [7, 11) is -4.32. The number of nitrogens with one attached hydrogen (secondary N) is 1. The molecule has 0 aliphatic heterocycles. The molecular weight excluding hydrogens is 384 g/mol. The van der Waals surface area contributed by atoms with Gasteiger partial charge in [-0.2, -0.15) is 26.3 Å². The molecule has 0 unspecified atom stereocenters. The number of anilines is 1. The monoisotopic (exact) mass is 395 g/mol. The van der Waals surface area contributed by atoms with Crippen molar-refractivity contribution < 1.29 is 34.8 Å². The van der Waals surface area contributed by atoms with E-state index in [2.05, 4.69) is 0 Å². The second kappa shape index (κ2) is 7.02. The van der Waals surface area contributed by atoms with Crippen molar-refractivity contribution in [2.24, 2.45) is 0 Å². The first-order chi connectivity index (χ1) is 11.9. The van der Waals surface area contributed by atoms with Gasteiger partial charge in [-0.05, 0) is 29.8 Å². The molecule has 0 radical (unpaired) electrons. The lowest BCUT2D eigenvalue weighted by Crippen LogP contribution is -2.14. The third-order valence-electron chi connectivity index (χ3n) is 3.09. The molecule has 10 heteroatoms. The summed E-state index contributed by atoms with van der Waals surface area (Å²) < 4.78 is 102. The van der Waals surface area contributed by atoms with Gasteiger partial charge in [0.25, 0.3) is 10.0 Å². The zero-order valence-electron chi connectivity index (χ0n) is 12.8. The van der Waals surface area contributed by atoms with Gasteiger partial charge >= 0.3 is 12.4 Å². The van der Waals surface area contributed by atoms with Crippen LogP contribution in [0.4, 0.5) is 32.0 Å². The highest BCUT2D eigenvalue weighted by Gasteiger charge is 2.37. The molecule has 0 aromatic heterocycles. The van der Waals surface area contributed by atoms with Gasteiger partial charge in [0.2, 0.25) is 0 Å². The van der Waals surface area contributed by atoms with E-state index in [-0.39, 0.29) is 6.07 Å². The Hall–Kier alpha value is -2.49. The van der Waals surface area contributed by atoms with Crippen molar-refractivity contribution in [1.82, 2.24) is 0 Å². The minimum absolute atomic E-state index is 0.0857. The second-order valence-corrected chi connectivity index (χ2v) is 6.72. The molecule has 1 N–H and O–H groups in total. The summed E-state index contributed by atoms with van der Waals surface area (Å²) in [6.45, 7) is 0. The van der Waals surface area contributed by atoms with E-state index in [4.69, 9.17) is 0 Å². The summed E-state index contributed by atoms with van der Waals surface area (Å²) in [5.74, 6) is 0. The van der Waals surface area contributed by atoms with Crippen LogP contribution in [-0.4, -0.2) is 8.42 Å². The maximum absolute atomic E-state index is 12.8. The number of sulfonamides is 1. The molecule has 0 heterocycles. The molecule has 2 aromatic rings. The normalized spacial score (nSPS) is 13.2. The highest BCUT2D eigenvalue weighted by atomic mass is 32.2. The third kappa shape index (κ3) is 5.51. The first-order valence-electron chi connectivity index (χ1n) is 6.92. The lowest BCUT2D eigenvalue weighted by atomic mass is 10.1. The number of hydrogen-bond donors (Lipinski definition) is 1. The van der Waals surface area contributed by atoms with E-state index in [1.165, 1.54) is 0 Å². The number of alkyl halides is 6. The van der Waals surface area contributed by atoms with E-state index in [1.54, 1.807) is 35.1 Å². The van der Waals surface area contributed by atoms with Crippen LogP contribution in [0.3, 0.4) is 0 Å². The fourth-order valence-corrected chi connectivity index (χ4v) is 2.80. The number of benzene rings is 2. The minimum Gasteiger partial charge on any atom is -0.280 e. The van der Waals surface area contributed by atoms with Crippen LogP contribution >= 0.6 is 0 Å². The van der Waals surface area contributed by atoms with Gasteiger partial charge in [0.05, 0.1) is 16.5 Å². The van der Waals surface area contributed by atoms with Gasteiger partial charge in [0, 0.05) is 5.69 Å². The topological polar surface area (TPSA) is 46.2 Å². The quantitative estimate of drug-likeness (QED) is 0.729. The molecular formula is C16H11F6NO2S. The van der Waals surface area contributed by atoms with Crippen LogP contribution in [0.2, 0.25) is 0 Å². The van der Waals surface area contributed by atoms with Crippen molar-refractivity contribution in [1.29, 1.82) is 0 Å². The largest absolute Gasteiger partial charge is 0.416 e. The minimum atomic E-state index is -5.07. The molecule has 2 aromatic carbocycles. The van der Waals surface area contributed by atoms with Crippen molar-refractivity contribution in [3.8, 4) is 0 Å². The Morgan fingerprint density at radius 3 is 1.77 bits per heavy atom. The lowest BCUT2D eigenvalue weighted by molar-refractivity contribution is -0.143. The van der Waals surface area contributed by atoms with Gasteiger partial charge in [-0.3, -0.25) is 4.72 Å². The Balaban J connectivity index is 2.37. The fourth-order valence-electron chi connectivity index (χ4n) is 1.94. The number of rotatable bonds is 4. The van der Waals surface area contributed by atoms with E-state index < -0.39 is 39.2 Å². The van der Waals surface area contributed by atoms with Crippen molar-refractivity contribution in [2.45, 2.75) is 12.4 Å². The Labute approximate surface area is 145 Å². The molecule has 0 aliphatic rings. The van der Waals surface area contributed by atoms with Crippen LogP contribution in [0, 0.1) is 0 Å². The summed E-state index contributed by atoms with van der Waals surface area (Å²) in [4.78, 5) is 0. The van der Waals surface area contributed by atoms with Crippen molar-refractivity contribution in [3.63, 3.8) is 0 Å². The van der Waals surface area contributed by atoms with E-state index in [1.807, 2.05) is 0 Å². The maximum Gasteiger partial charge on any atom is 0.416 e. The van der Waals surface area contributed by atoms with Crippen molar-refractivity contribution >= 4 is 21.8 Å². The first kappa shape index (κ1) is 19.8. The molecule has 0 saturated carbocycles. The average Bonchev–Trinajstić information content (AvgIpc) is 2.52. The average molecular weight is 395 g/mol. The van der Waals surface area contributed by atoms with Gasteiger partial charge in [-0.25, -0.2) is 8.42 Å². The Bertz CT molecular complexity index is 870. The summed E-state index contributed by atoms with van der Waals surface area (Å²) in [5, 5.41) is 0.649. The predicted molar refractivity (Wildman–Crippen MR) is 84.5 cm³/mol. The zero-order chi connectivity index (χ0) is 19.6. The molecule has 2 rings (SSSR count).